The van der Waals surface area contributed by atoms with Gasteiger partial charge in [-0.1, -0.05) is 11.6 Å². The molecule has 1 aliphatic rings. The summed E-state index contributed by atoms with van der Waals surface area (Å²) in [4.78, 5) is 0. The van der Waals surface area contributed by atoms with Crippen molar-refractivity contribution in [1.29, 1.82) is 0 Å². The van der Waals surface area contributed by atoms with Gasteiger partial charge in [0.05, 0.1) is 17.0 Å². The first-order valence-electron chi connectivity index (χ1n) is 2.54. The largest absolute Gasteiger partial charge is 0.482 e. The van der Waals surface area contributed by atoms with Crippen LogP contribution in [0.2, 0.25) is 0 Å². The van der Waals surface area contributed by atoms with Gasteiger partial charge in [0.2, 0.25) is 5.22 Å². The van der Waals surface area contributed by atoms with Crippen molar-refractivity contribution in [2.24, 2.45) is 0 Å². The van der Waals surface area contributed by atoms with E-state index in [9.17, 15) is 0 Å². The van der Waals surface area contributed by atoms with Crippen LogP contribution in [-0.4, -0.2) is 12.0 Å². The van der Waals surface area contributed by atoms with Crippen LogP contribution in [0.25, 0.3) is 0 Å². The Morgan fingerprint density at radius 1 is 1.44 bits per heavy atom. The normalized spacial score (nSPS) is 28.1. The third kappa shape index (κ3) is 1.66. The minimum absolute atomic E-state index is 0.159. The van der Waals surface area contributed by atoms with Crippen molar-refractivity contribution < 1.29 is 4.74 Å². The second kappa shape index (κ2) is 3.00. The molecule has 0 spiro atoms. The summed E-state index contributed by atoms with van der Waals surface area (Å²) in [5.74, 6) is 0. The molecule has 0 aliphatic carbocycles. The molecule has 0 amide bonds. The highest BCUT2D eigenvalue weighted by atomic mass is 35.5. The fourth-order valence-electron chi connectivity index (χ4n) is 0.571. The lowest BCUT2D eigenvalue weighted by Crippen LogP contribution is -2.11. The number of hydrogen-bond donors (Lipinski definition) is 0. The van der Waals surface area contributed by atoms with Gasteiger partial charge in [-0.3, -0.25) is 0 Å². The minimum Gasteiger partial charge on any atom is -0.482 e. The zero-order valence-corrected chi connectivity index (χ0v) is 6.80. The van der Waals surface area contributed by atoms with Gasteiger partial charge in [-0.2, -0.15) is 0 Å². The molecule has 0 saturated carbocycles. The molecule has 0 aromatic rings. The highest BCUT2D eigenvalue weighted by molar-refractivity contribution is 6.42. The lowest BCUT2D eigenvalue weighted by atomic mass is 10.3. The molecule has 9 heavy (non-hydrogen) atoms. The van der Waals surface area contributed by atoms with Crippen molar-refractivity contribution in [2.75, 3.05) is 6.61 Å². The van der Waals surface area contributed by atoms with E-state index in [-0.39, 0.29) is 10.6 Å². The van der Waals surface area contributed by atoms with Gasteiger partial charge in [-0.25, -0.2) is 0 Å². The van der Waals surface area contributed by atoms with E-state index < -0.39 is 0 Å². The third-order valence-electron chi connectivity index (χ3n) is 1.06. The number of alkyl halides is 1. The summed E-state index contributed by atoms with van der Waals surface area (Å²) in [5.41, 5.74) is 0. The van der Waals surface area contributed by atoms with E-state index >= 15 is 0 Å². The molecule has 1 rings (SSSR count). The Morgan fingerprint density at radius 3 is 2.56 bits per heavy atom. The third-order valence-corrected chi connectivity index (χ3v) is 2.46. The fourth-order valence-corrected chi connectivity index (χ4v) is 1.19. The van der Waals surface area contributed by atoms with E-state index in [4.69, 9.17) is 39.5 Å². The molecule has 0 radical (unpaired) electrons. The van der Waals surface area contributed by atoms with Crippen molar-refractivity contribution in [1.82, 2.24) is 0 Å². The van der Waals surface area contributed by atoms with E-state index in [1.54, 1.807) is 0 Å². The predicted molar refractivity (Wildman–Crippen MR) is 38.9 cm³/mol. The Bertz CT molecular complexity index is 143. The maximum Gasteiger partial charge on any atom is 0.203 e. The maximum atomic E-state index is 5.71. The quantitative estimate of drug-likeness (QED) is 0.530. The summed E-state index contributed by atoms with van der Waals surface area (Å²) in [7, 11) is 0. The average Bonchev–Trinajstić information content (AvgIpc) is 1.83. The number of hydrogen-bond acceptors (Lipinski definition) is 1. The molecule has 0 N–H and O–H groups in total. The van der Waals surface area contributed by atoms with Crippen LogP contribution in [0.4, 0.5) is 0 Å². The van der Waals surface area contributed by atoms with Crippen LogP contribution in [0.1, 0.15) is 6.42 Å². The minimum atomic E-state index is -0.159. The van der Waals surface area contributed by atoms with Gasteiger partial charge in [0.15, 0.2) is 0 Å². The first-order valence-corrected chi connectivity index (χ1v) is 3.73. The molecule has 1 nitrogen and oxygen atoms in total. The molecule has 1 unspecified atom stereocenters. The summed E-state index contributed by atoms with van der Waals surface area (Å²) < 4.78 is 4.89. The van der Waals surface area contributed by atoms with Gasteiger partial charge < -0.3 is 4.74 Å². The molecule has 0 aromatic carbocycles. The number of allylic oxidation sites excluding steroid dienone is 1. The number of rotatable bonds is 0. The standard InChI is InChI=1S/C5H5Cl3O/c6-3-1-2-9-5(8)4(3)7/h3H,1-2H2. The highest BCUT2D eigenvalue weighted by Crippen LogP contribution is 2.28. The Hall–Kier alpha value is 0.410. The zero-order valence-electron chi connectivity index (χ0n) is 4.53. The Balaban J connectivity index is 2.72. The molecule has 1 aliphatic heterocycles. The lowest BCUT2D eigenvalue weighted by Gasteiger charge is -2.16. The van der Waals surface area contributed by atoms with Crippen LogP contribution in [0.3, 0.4) is 0 Å². The van der Waals surface area contributed by atoms with Crippen molar-refractivity contribution in [3.8, 4) is 0 Å². The topological polar surface area (TPSA) is 9.23 Å². The summed E-state index contributed by atoms with van der Waals surface area (Å²) in [6.07, 6.45) is 0.733. The summed E-state index contributed by atoms with van der Waals surface area (Å²) in [5, 5.41) is 0.500. The fraction of sp³-hybridized carbons (Fsp3) is 0.600. The molecule has 0 bridgehead atoms. The van der Waals surface area contributed by atoms with Gasteiger partial charge in [0.1, 0.15) is 0 Å². The molecule has 0 saturated heterocycles. The molecular weight excluding hydrogens is 182 g/mol. The second-order valence-electron chi connectivity index (χ2n) is 1.73. The number of ether oxygens (including phenoxy) is 1. The average molecular weight is 187 g/mol. The van der Waals surface area contributed by atoms with Gasteiger partial charge in [0.25, 0.3) is 0 Å². The summed E-state index contributed by atoms with van der Waals surface area (Å²) in [6, 6.07) is 0. The first-order chi connectivity index (χ1) is 4.22. The van der Waals surface area contributed by atoms with Crippen LogP contribution >= 0.6 is 34.8 Å². The maximum absolute atomic E-state index is 5.71. The van der Waals surface area contributed by atoms with E-state index in [2.05, 4.69) is 0 Å². The Labute approximate surface area is 68.5 Å². The second-order valence-corrected chi connectivity index (χ2v) is 3.00. The Kier molecular flexibility index (Phi) is 2.50. The predicted octanol–water partition coefficient (Wildman–Crippen LogP) is 2.66. The highest BCUT2D eigenvalue weighted by Gasteiger charge is 2.19. The van der Waals surface area contributed by atoms with E-state index in [0.29, 0.717) is 11.6 Å². The van der Waals surface area contributed by atoms with Crippen LogP contribution in [-0.2, 0) is 4.74 Å². The van der Waals surface area contributed by atoms with E-state index in [0.717, 1.165) is 6.42 Å². The van der Waals surface area contributed by atoms with Gasteiger partial charge in [-0.15, -0.1) is 11.6 Å². The van der Waals surface area contributed by atoms with Gasteiger partial charge >= 0.3 is 0 Å². The van der Waals surface area contributed by atoms with Crippen LogP contribution in [0, 0.1) is 0 Å². The van der Waals surface area contributed by atoms with Crippen LogP contribution in [0.5, 0.6) is 0 Å². The van der Waals surface area contributed by atoms with Gasteiger partial charge in [-0.05, 0) is 11.6 Å². The number of halogens is 3. The van der Waals surface area contributed by atoms with Crippen molar-refractivity contribution in [3.05, 3.63) is 10.3 Å². The van der Waals surface area contributed by atoms with Gasteiger partial charge in [0, 0.05) is 6.42 Å². The van der Waals surface area contributed by atoms with E-state index in [1.807, 2.05) is 0 Å². The monoisotopic (exact) mass is 186 g/mol. The van der Waals surface area contributed by atoms with Crippen LogP contribution < -0.4 is 0 Å². The smallest absolute Gasteiger partial charge is 0.203 e. The molecular formula is C5H5Cl3O. The van der Waals surface area contributed by atoms with Crippen molar-refractivity contribution in [2.45, 2.75) is 11.8 Å². The molecule has 1 atom stereocenters. The molecule has 4 heteroatoms. The van der Waals surface area contributed by atoms with Crippen LogP contribution in [0.15, 0.2) is 10.3 Å². The molecule has 0 aromatic heterocycles. The SMILES string of the molecule is ClC1=C(Cl)C(Cl)CCO1. The lowest BCUT2D eigenvalue weighted by molar-refractivity contribution is 0.216. The Morgan fingerprint density at radius 2 is 2.11 bits per heavy atom. The zero-order chi connectivity index (χ0) is 6.85. The van der Waals surface area contributed by atoms with E-state index in [1.165, 1.54) is 0 Å². The summed E-state index contributed by atoms with van der Waals surface area (Å²) >= 11 is 16.8. The first kappa shape index (κ1) is 7.52. The molecule has 1 heterocycles. The van der Waals surface area contributed by atoms with Crippen molar-refractivity contribution >= 4 is 34.8 Å². The molecule has 0 fully saturated rings. The molecule has 52 valence electrons. The summed E-state index contributed by atoms with van der Waals surface area (Å²) in [6.45, 7) is 0.559. The van der Waals surface area contributed by atoms with Crippen molar-refractivity contribution in [3.63, 3.8) is 0 Å².